The molecule has 0 N–H and O–H groups in total. The maximum atomic E-state index is 12.4. The standard InChI is InChI=1S/C21H16ClN3O3/c22-20-19(25-11-2-1-5-18(25)24-20)21(26)28-13-15-6-8-17(9-7-15)27-14-16-4-3-10-23-12-16/h1-12H,13-14H2. The summed E-state index contributed by atoms with van der Waals surface area (Å²) in [5.41, 5.74) is 2.64. The van der Waals surface area contributed by atoms with E-state index in [1.165, 1.54) is 0 Å². The number of imidazole rings is 1. The number of hydrogen-bond acceptors (Lipinski definition) is 5. The Morgan fingerprint density at radius 3 is 2.64 bits per heavy atom. The molecule has 0 aliphatic heterocycles. The molecule has 1 aromatic carbocycles. The van der Waals surface area contributed by atoms with Crippen LogP contribution in [-0.2, 0) is 18.0 Å². The Kier molecular flexibility index (Phi) is 5.21. The first-order valence-corrected chi connectivity index (χ1v) is 8.99. The quantitative estimate of drug-likeness (QED) is 0.456. The van der Waals surface area contributed by atoms with E-state index in [2.05, 4.69) is 9.97 Å². The molecule has 0 fully saturated rings. The molecule has 3 heterocycles. The van der Waals surface area contributed by atoms with Crippen LogP contribution in [0.5, 0.6) is 5.75 Å². The number of ether oxygens (including phenoxy) is 2. The van der Waals surface area contributed by atoms with Gasteiger partial charge in [0.05, 0.1) is 0 Å². The van der Waals surface area contributed by atoms with Crippen LogP contribution in [0.2, 0.25) is 5.15 Å². The van der Waals surface area contributed by atoms with Gasteiger partial charge < -0.3 is 9.47 Å². The maximum absolute atomic E-state index is 12.4. The maximum Gasteiger partial charge on any atom is 0.358 e. The van der Waals surface area contributed by atoms with Crippen molar-refractivity contribution in [1.29, 1.82) is 0 Å². The van der Waals surface area contributed by atoms with Crippen molar-refractivity contribution < 1.29 is 14.3 Å². The summed E-state index contributed by atoms with van der Waals surface area (Å²) in [6.45, 7) is 0.563. The van der Waals surface area contributed by atoms with Gasteiger partial charge in [0, 0.05) is 24.2 Å². The molecular weight excluding hydrogens is 378 g/mol. The largest absolute Gasteiger partial charge is 0.489 e. The fourth-order valence-corrected chi connectivity index (χ4v) is 2.95. The highest BCUT2D eigenvalue weighted by atomic mass is 35.5. The molecule has 0 saturated carbocycles. The van der Waals surface area contributed by atoms with Gasteiger partial charge in [0.25, 0.3) is 0 Å². The molecule has 0 aliphatic rings. The second-order valence-corrected chi connectivity index (χ2v) is 6.41. The molecule has 4 aromatic rings. The van der Waals surface area contributed by atoms with E-state index < -0.39 is 5.97 Å². The predicted octanol–water partition coefficient (Wildman–Crippen LogP) is 4.32. The van der Waals surface area contributed by atoms with Crippen LogP contribution in [-0.4, -0.2) is 20.3 Å². The summed E-state index contributed by atoms with van der Waals surface area (Å²) in [6.07, 6.45) is 5.21. The number of fused-ring (bicyclic) bond motifs is 1. The van der Waals surface area contributed by atoms with E-state index >= 15 is 0 Å². The van der Waals surface area contributed by atoms with Crippen molar-refractivity contribution in [2.24, 2.45) is 0 Å². The van der Waals surface area contributed by atoms with Gasteiger partial charge in [-0.15, -0.1) is 0 Å². The molecule has 0 amide bonds. The monoisotopic (exact) mass is 393 g/mol. The minimum atomic E-state index is -0.527. The zero-order valence-corrected chi connectivity index (χ0v) is 15.5. The van der Waals surface area contributed by atoms with E-state index in [0.717, 1.165) is 16.9 Å². The summed E-state index contributed by atoms with van der Waals surface area (Å²) in [5.74, 6) is 0.198. The molecule has 0 saturated heterocycles. The van der Waals surface area contributed by atoms with Crippen LogP contribution in [0.25, 0.3) is 5.65 Å². The first-order valence-electron chi connectivity index (χ1n) is 8.61. The van der Waals surface area contributed by atoms with E-state index in [9.17, 15) is 4.79 Å². The lowest BCUT2D eigenvalue weighted by Crippen LogP contribution is -2.09. The normalized spacial score (nSPS) is 10.8. The van der Waals surface area contributed by atoms with Crippen LogP contribution in [0.1, 0.15) is 21.6 Å². The van der Waals surface area contributed by atoms with Gasteiger partial charge in [-0.25, -0.2) is 9.78 Å². The molecule has 0 bridgehead atoms. The summed E-state index contributed by atoms with van der Waals surface area (Å²) in [4.78, 5) is 20.6. The van der Waals surface area contributed by atoms with Crippen LogP contribution in [0.15, 0.2) is 73.2 Å². The van der Waals surface area contributed by atoms with Crippen LogP contribution in [0.4, 0.5) is 0 Å². The smallest absolute Gasteiger partial charge is 0.358 e. The third-order valence-electron chi connectivity index (χ3n) is 4.10. The summed E-state index contributed by atoms with van der Waals surface area (Å²) in [6, 6.07) is 16.6. The third-order valence-corrected chi connectivity index (χ3v) is 4.37. The van der Waals surface area contributed by atoms with E-state index in [0.29, 0.717) is 12.3 Å². The Hall–Kier alpha value is -3.38. The average molecular weight is 394 g/mol. The second kappa shape index (κ2) is 8.10. The van der Waals surface area contributed by atoms with Crippen LogP contribution < -0.4 is 4.74 Å². The highest BCUT2D eigenvalue weighted by Gasteiger charge is 2.19. The molecular formula is C21H16ClN3O3. The van der Waals surface area contributed by atoms with Gasteiger partial charge in [-0.2, -0.15) is 0 Å². The van der Waals surface area contributed by atoms with Gasteiger partial charge >= 0.3 is 5.97 Å². The molecule has 7 heteroatoms. The van der Waals surface area contributed by atoms with Gasteiger partial charge in [0.15, 0.2) is 10.8 Å². The topological polar surface area (TPSA) is 65.7 Å². The SMILES string of the molecule is O=C(OCc1ccc(OCc2cccnc2)cc1)c1c(Cl)nc2ccccn12. The fraction of sp³-hybridized carbons (Fsp3) is 0.0952. The lowest BCUT2D eigenvalue weighted by Gasteiger charge is -2.08. The summed E-state index contributed by atoms with van der Waals surface area (Å²) in [5, 5.41) is 0.121. The number of hydrogen-bond donors (Lipinski definition) is 0. The Balaban J connectivity index is 1.37. The Bertz CT molecular complexity index is 1100. The highest BCUT2D eigenvalue weighted by Crippen LogP contribution is 2.20. The number of carbonyl (C=O) groups is 1. The molecule has 0 spiro atoms. The minimum Gasteiger partial charge on any atom is -0.489 e. The molecule has 0 aliphatic carbocycles. The summed E-state index contributed by atoms with van der Waals surface area (Å²) >= 11 is 6.10. The molecule has 3 aromatic heterocycles. The molecule has 6 nitrogen and oxygen atoms in total. The van der Waals surface area contributed by atoms with Crippen molar-refractivity contribution in [1.82, 2.24) is 14.4 Å². The predicted molar refractivity (Wildman–Crippen MR) is 104 cm³/mol. The van der Waals surface area contributed by atoms with Crippen LogP contribution in [0.3, 0.4) is 0 Å². The Labute approximate surface area is 166 Å². The van der Waals surface area contributed by atoms with Gasteiger partial charge in [-0.1, -0.05) is 35.9 Å². The van der Waals surface area contributed by atoms with Gasteiger partial charge in [-0.3, -0.25) is 9.38 Å². The molecule has 0 radical (unpaired) electrons. The van der Waals surface area contributed by atoms with Crippen LogP contribution in [0, 0.1) is 0 Å². The van der Waals surface area contributed by atoms with Crippen molar-refractivity contribution in [2.45, 2.75) is 13.2 Å². The zero-order chi connectivity index (χ0) is 19.3. The third kappa shape index (κ3) is 3.97. The lowest BCUT2D eigenvalue weighted by molar-refractivity contribution is 0.0464. The van der Waals surface area contributed by atoms with E-state index in [1.54, 1.807) is 35.1 Å². The number of rotatable bonds is 6. The molecule has 28 heavy (non-hydrogen) atoms. The molecule has 0 atom stereocenters. The van der Waals surface area contributed by atoms with Gasteiger partial charge in [-0.05, 0) is 35.9 Å². The van der Waals surface area contributed by atoms with Crippen molar-refractivity contribution in [3.8, 4) is 5.75 Å². The van der Waals surface area contributed by atoms with E-state index in [-0.39, 0.29) is 17.5 Å². The lowest BCUT2D eigenvalue weighted by atomic mass is 10.2. The Morgan fingerprint density at radius 1 is 1.00 bits per heavy atom. The van der Waals surface area contributed by atoms with Crippen molar-refractivity contribution in [2.75, 3.05) is 0 Å². The number of nitrogens with zero attached hydrogens (tertiary/aromatic N) is 3. The second-order valence-electron chi connectivity index (χ2n) is 6.05. The van der Waals surface area contributed by atoms with Crippen LogP contribution >= 0.6 is 11.6 Å². The first kappa shape index (κ1) is 18.0. The highest BCUT2D eigenvalue weighted by molar-refractivity contribution is 6.32. The molecule has 0 unspecified atom stereocenters. The fourth-order valence-electron chi connectivity index (χ4n) is 2.70. The minimum absolute atomic E-state index is 0.121. The molecule has 4 rings (SSSR count). The summed E-state index contributed by atoms with van der Waals surface area (Å²) < 4.78 is 12.7. The van der Waals surface area contributed by atoms with Crippen molar-refractivity contribution in [3.05, 3.63) is 95.2 Å². The number of carbonyl (C=O) groups excluding carboxylic acids is 1. The number of aromatic nitrogens is 3. The number of pyridine rings is 2. The van der Waals surface area contributed by atoms with Crippen molar-refractivity contribution in [3.63, 3.8) is 0 Å². The van der Waals surface area contributed by atoms with E-state index in [1.807, 2.05) is 42.5 Å². The summed E-state index contributed by atoms with van der Waals surface area (Å²) in [7, 11) is 0. The van der Waals surface area contributed by atoms with Gasteiger partial charge in [0.1, 0.15) is 24.6 Å². The number of benzene rings is 1. The number of esters is 1. The van der Waals surface area contributed by atoms with E-state index in [4.69, 9.17) is 21.1 Å². The van der Waals surface area contributed by atoms with Gasteiger partial charge in [0.2, 0.25) is 0 Å². The molecule has 140 valence electrons. The average Bonchev–Trinajstić information content (AvgIpc) is 3.08. The zero-order valence-electron chi connectivity index (χ0n) is 14.8. The number of halogens is 1. The first-order chi connectivity index (χ1) is 13.7. The van der Waals surface area contributed by atoms with Crippen molar-refractivity contribution >= 4 is 23.2 Å². The Morgan fingerprint density at radius 2 is 1.86 bits per heavy atom.